The molecule has 2 N–H and O–H groups in total. The van der Waals surface area contributed by atoms with Crippen molar-refractivity contribution >= 4 is 5.71 Å². The molecule has 0 aromatic rings. The van der Waals surface area contributed by atoms with Gasteiger partial charge in [0.25, 0.3) is 0 Å². The van der Waals surface area contributed by atoms with Gasteiger partial charge in [-0.2, -0.15) is 0 Å². The van der Waals surface area contributed by atoms with E-state index in [2.05, 4.69) is 56.1 Å². The van der Waals surface area contributed by atoms with Gasteiger partial charge in [-0.1, -0.05) is 55.9 Å². The van der Waals surface area contributed by atoms with Crippen LogP contribution in [0.15, 0.2) is 88.2 Å². The van der Waals surface area contributed by atoms with Gasteiger partial charge < -0.3 is 10.1 Å². The van der Waals surface area contributed by atoms with E-state index in [-0.39, 0.29) is 5.41 Å². The molecule has 3 nitrogen and oxygen atoms in total. The molecule has 0 radical (unpaired) electrons. The van der Waals surface area contributed by atoms with Crippen LogP contribution in [-0.2, 0) is 4.74 Å². The Balaban J connectivity index is 1.90. The summed E-state index contributed by atoms with van der Waals surface area (Å²) in [5.41, 5.74) is 9.18. The normalized spacial score (nSPS) is 26.9. The SMILES string of the molecule is CCCC1=C(C(=N)/C=C/C2(C)CC/C=C\C/C=C\2C)NC2=C=C1C=CC(OC)=C2. The average Bonchev–Trinajstić information content (AvgIpc) is 2.88. The fraction of sp³-hybridized carbons (Fsp3) is 0.385. The van der Waals surface area contributed by atoms with Gasteiger partial charge in [-0.3, -0.25) is 5.41 Å². The number of nitrogens with one attached hydrogen (secondary N) is 2. The second kappa shape index (κ2) is 9.15. The molecule has 3 heteroatoms. The fourth-order valence-electron chi connectivity index (χ4n) is 3.87. The topological polar surface area (TPSA) is 45.1 Å². The molecule has 0 fully saturated rings. The summed E-state index contributed by atoms with van der Waals surface area (Å²) in [4.78, 5) is 0. The lowest BCUT2D eigenvalue weighted by Crippen LogP contribution is -2.23. The molecule has 0 saturated heterocycles. The zero-order valence-corrected chi connectivity index (χ0v) is 18.1. The van der Waals surface area contributed by atoms with Crippen molar-refractivity contribution in [2.75, 3.05) is 7.11 Å². The van der Waals surface area contributed by atoms with Crippen molar-refractivity contribution in [3.8, 4) is 0 Å². The first-order valence-corrected chi connectivity index (χ1v) is 10.5. The molecule has 0 aromatic carbocycles. The van der Waals surface area contributed by atoms with Crippen molar-refractivity contribution in [2.24, 2.45) is 5.41 Å². The number of methoxy groups -OCH3 is 1. The second-order valence-corrected chi connectivity index (χ2v) is 8.06. The van der Waals surface area contributed by atoms with Gasteiger partial charge in [-0.15, -0.1) is 0 Å². The highest BCUT2D eigenvalue weighted by Gasteiger charge is 2.24. The van der Waals surface area contributed by atoms with Crippen molar-refractivity contribution in [2.45, 2.75) is 52.9 Å². The minimum Gasteiger partial charge on any atom is -0.497 e. The molecule has 29 heavy (non-hydrogen) atoms. The molecule has 3 rings (SSSR count). The third kappa shape index (κ3) is 4.81. The van der Waals surface area contributed by atoms with E-state index >= 15 is 0 Å². The number of allylic oxidation sites excluding steroid dienone is 10. The van der Waals surface area contributed by atoms with Crippen molar-refractivity contribution < 1.29 is 4.74 Å². The Morgan fingerprint density at radius 3 is 2.93 bits per heavy atom. The molecular weight excluding hydrogens is 356 g/mol. The molecule has 2 aliphatic carbocycles. The first-order valence-electron chi connectivity index (χ1n) is 10.5. The summed E-state index contributed by atoms with van der Waals surface area (Å²) in [5.74, 6) is 0.782. The van der Waals surface area contributed by atoms with E-state index in [9.17, 15) is 0 Å². The molecule has 152 valence electrons. The summed E-state index contributed by atoms with van der Waals surface area (Å²) in [6, 6.07) is 0. The van der Waals surface area contributed by atoms with Crippen LogP contribution in [0.4, 0.5) is 0 Å². The smallest absolute Gasteiger partial charge is 0.121 e. The molecule has 0 spiro atoms. The van der Waals surface area contributed by atoms with E-state index < -0.39 is 0 Å². The Morgan fingerprint density at radius 1 is 1.34 bits per heavy atom. The Bertz CT molecular complexity index is 930. The summed E-state index contributed by atoms with van der Waals surface area (Å²) < 4.78 is 5.41. The summed E-state index contributed by atoms with van der Waals surface area (Å²) >= 11 is 0. The first kappa shape index (κ1) is 21.0. The highest BCUT2D eigenvalue weighted by molar-refractivity contribution is 6.07. The number of hydrogen-bond donors (Lipinski definition) is 2. The molecule has 0 aromatic heterocycles. The minimum absolute atomic E-state index is 0.0223. The first-order chi connectivity index (χ1) is 14.0. The Morgan fingerprint density at radius 2 is 2.17 bits per heavy atom. The van der Waals surface area contributed by atoms with E-state index in [1.54, 1.807) is 7.11 Å². The van der Waals surface area contributed by atoms with Crippen LogP contribution in [0.3, 0.4) is 0 Å². The third-order valence-corrected chi connectivity index (χ3v) is 5.94. The number of hydrogen-bond acceptors (Lipinski definition) is 3. The van der Waals surface area contributed by atoms with Gasteiger partial charge in [0.2, 0.25) is 0 Å². The quantitative estimate of drug-likeness (QED) is 0.313. The highest BCUT2D eigenvalue weighted by atomic mass is 16.5. The maximum atomic E-state index is 8.84. The lowest BCUT2D eigenvalue weighted by molar-refractivity contribution is 0.306. The van der Waals surface area contributed by atoms with E-state index in [1.807, 2.05) is 24.3 Å². The lowest BCUT2D eigenvalue weighted by atomic mass is 9.77. The van der Waals surface area contributed by atoms with Gasteiger partial charge in [0.05, 0.1) is 24.2 Å². The monoisotopic (exact) mass is 388 g/mol. The van der Waals surface area contributed by atoms with Crippen LogP contribution >= 0.6 is 0 Å². The van der Waals surface area contributed by atoms with Crippen LogP contribution in [0.5, 0.6) is 0 Å². The molecule has 0 amide bonds. The summed E-state index contributed by atoms with van der Waals surface area (Å²) in [6.45, 7) is 6.65. The van der Waals surface area contributed by atoms with Crippen LogP contribution in [-0.4, -0.2) is 12.8 Å². The van der Waals surface area contributed by atoms with Crippen LogP contribution in [0, 0.1) is 10.8 Å². The zero-order chi connectivity index (χ0) is 20.9. The predicted molar refractivity (Wildman–Crippen MR) is 122 cm³/mol. The van der Waals surface area contributed by atoms with Crippen molar-refractivity contribution in [3.63, 3.8) is 0 Å². The van der Waals surface area contributed by atoms with Crippen LogP contribution in [0.25, 0.3) is 0 Å². The maximum absolute atomic E-state index is 8.84. The molecule has 0 saturated carbocycles. The fourth-order valence-corrected chi connectivity index (χ4v) is 3.87. The van der Waals surface area contributed by atoms with Crippen molar-refractivity contribution in [1.82, 2.24) is 5.32 Å². The Hall–Kier alpha value is -2.77. The van der Waals surface area contributed by atoms with Gasteiger partial charge in [0, 0.05) is 17.1 Å². The van der Waals surface area contributed by atoms with Crippen molar-refractivity contribution in [1.29, 1.82) is 5.41 Å². The number of ether oxygens (including phenoxy) is 1. The van der Waals surface area contributed by atoms with Gasteiger partial charge in [-0.25, -0.2) is 0 Å². The largest absolute Gasteiger partial charge is 0.497 e. The summed E-state index contributed by atoms with van der Waals surface area (Å²) in [7, 11) is 1.67. The third-order valence-electron chi connectivity index (χ3n) is 5.94. The minimum atomic E-state index is -0.0223. The van der Waals surface area contributed by atoms with E-state index in [0.29, 0.717) is 5.71 Å². The van der Waals surface area contributed by atoms with Crippen LogP contribution in [0.1, 0.15) is 52.9 Å². The maximum Gasteiger partial charge on any atom is 0.121 e. The van der Waals surface area contributed by atoms with E-state index in [4.69, 9.17) is 10.1 Å². The Labute approximate surface area is 175 Å². The van der Waals surface area contributed by atoms with Crippen LogP contribution < -0.4 is 5.32 Å². The predicted octanol–water partition coefficient (Wildman–Crippen LogP) is 6.42. The molecule has 1 unspecified atom stereocenters. The standard InChI is InChI=1S/C26H32N2O/c1-5-10-23-20-12-13-22(29-4)18-21(17-20)28-25(23)24(27)14-16-26(3)15-9-7-6-8-11-19(26)2/h6-7,11-14,16,18,27-28H,5,8-10,15H2,1-4H3/b7-6-,16-14+,19-11-,27-24?. The molecule has 1 aliphatic heterocycles. The molecular formula is C26H32N2O. The molecule has 1 heterocycles. The number of rotatable bonds is 6. The lowest BCUT2D eigenvalue weighted by Gasteiger charge is -2.28. The van der Waals surface area contributed by atoms with Gasteiger partial charge >= 0.3 is 0 Å². The highest BCUT2D eigenvalue weighted by Crippen LogP contribution is 2.36. The van der Waals surface area contributed by atoms with E-state index in [1.165, 1.54) is 5.57 Å². The van der Waals surface area contributed by atoms with Crippen LogP contribution in [0.2, 0.25) is 0 Å². The van der Waals surface area contributed by atoms with E-state index in [0.717, 1.165) is 60.4 Å². The second-order valence-electron chi connectivity index (χ2n) is 8.06. The van der Waals surface area contributed by atoms with Gasteiger partial charge in [0.1, 0.15) is 5.76 Å². The summed E-state index contributed by atoms with van der Waals surface area (Å²) in [5, 5.41) is 12.3. The summed E-state index contributed by atoms with van der Waals surface area (Å²) in [6.07, 6.45) is 22.0. The molecule has 1 atom stereocenters. The molecule has 3 aliphatic rings. The Kier molecular flexibility index (Phi) is 6.61. The average molecular weight is 389 g/mol. The molecule has 2 bridgehead atoms. The van der Waals surface area contributed by atoms with Gasteiger partial charge in [0.15, 0.2) is 0 Å². The van der Waals surface area contributed by atoms with Crippen molar-refractivity contribution in [3.05, 3.63) is 88.2 Å². The van der Waals surface area contributed by atoms with Gasteiger partial charge in [-0.05, 0) is 56.4 Å². The zero-order valence-electron chi connectivity index (χ0n) is 18.1.